The van der Waals surface area contributed by atoms with Crippen LogP contribution in [-0.2, 0) is 0 Å². The molecule has 0 saturated carbocycles. The number of hydrogen-bond donors (Lipinski definition) is 1. The summed E-state index contributed by atoms with van der Waals surface area (Å²) >= 11 is 7.34. The van der Waals surface area contributed by atoms with E-state index in [1.165, 1.54) is 41.1 Å². The van der Waals surface area contributed by atoms with Gasteiger partial charge in [0.05, 0.1) is 33.0 Å². The van der Waals surface area contributed by atoms with Gasteiger partial charge in [-0.25, -0.2) is 14.3 Å². The van der Waals surface area contributed by atoms with Crippen LogP contribution in [0.1, 0.15) is 36.1 Å². The number of nitrogens with zero attached hydrogens (tertiary/aromatic N) is 2. The van der Waals surface area contributed by atoms with E-state index in [4.69, 9.17) is 11.6 Å². The van der Waals surface area contributed by atoms with Crippen molar-refractivity contribution in [2.24, 2.45) is 0 Å². The average Bonchev–Trinajstić information content (AvgIpc) is 3.19. The van der Waals surface area contributed by atoms with Crippen LogP contribution in [0.2, 0.25) is 5.02 Å². The molecular formula is C19H11ClFN3O3S. The van der Waals surface area contributed by atoms with Crippen LogP contribution in [0.3, 0.4) is 0 Å². The number of aryl methyl sites for hydroxylation is 1. The van der Waals surface area contributed by atoms with Crippen molar-refractivity contribution in [3.63, 3.8) is 0 Å². The summed E-state index contributed by atoms with van der Waals surface area (Å²) in [7, 11) is 0. The second-order valence-corrected chi connectivity index (χ2v) is 7.45. The Labute approximate surface area is 167 Å². The highest BCUT2D eigenvalue weighted by molar-refractivity contribution is 7.09. The minimum Gasteiger partial charge on any atom is -0.318 e. The Hall–Kier alpha value is -3.10. The van der Waals surface area contributed by atoms with Crippen molar-refractivity contribution >= 4 is 52.0 Å². The lowest BCUT2D eigenvalue weighted by molar-refractivity contribution is 0.0924. The van der Waals surface area contributed by atoms with E-state index in [0.29, 0.717) is 4.88 Å². The summed E-state index contributed by atoms with van der Waals surface area (Å²) in [5, 5.41) is 2.59. The number of aromatic nitrogens is 1. The maximum Gasteiger partial charge on any atom is 0.275 e. The first kappa shape index (κ1) is 18.3. The van der Waals surface area contributed by atoms with Gasteiger partial charge in [0.1, 0.15) is 11.5 Å². The van der Waals surface area contributed by atoms with E-state index in [9.17, 15) is 18.8 Å². The monoisotopic (exact) mass is 415 g/mol. The molecule has 1 N–H and O–H groups in total. The lowest BCUT2D eigenvalue weighted by atomic mass is 10.1. The van der Waals surface area contributed by atoms with Crippen LogP contribution >= 0.6 is 22.9 Å². The molecule has 2 aromatic carbocycles. The molecule has 0 atom stereocenters. The highest BCUT2D eigenvalue weighted by Crippen LogP contribution is 2.33. The molecule has 3 aromatic rings. The van der Waals surface area contributed by atoms with Gasteiger partial charge in [0.2, 0.25) is 0 Å². The van der Waals surface area contributed by atoms with Gasteiger partial charge in [-0.2, -0.15) is 0 Å². The number of benzene rings is 2. The molecule has 2 heterocycles. The Morgan fingerprint density at radius 3 is 2.64 bits per heavy atom. The van der Waals surface area contributed by atoms with Crippen molar-refractivity contribution in [3.8, 4) is 0 Å². The number of imide groups is 1. The molecule has 0 radical (unpaired) electrons. The predicted octanol–water partition coefficient (Wildman–Crippen LogP) is 4.30. The van der Waals surface area contributed by atoms with Crippen LogP contribution in [0.25, 0.3) is 0 Å². The second-order valence-electron chi connectivity index (χ2n) is 5.98. The number of halogens is 2. The summed E-state index contributed by atoms with van der Waals surface area (Å²) in [5.74, 6) is -2.55. The van der Waals surface area contributed by atoms with Crippen molar-refractivity contribution < 1.29 is 18.8 Å². The molecule has 0 spiro atoms. The van der Waals surface area contributed by atoms with E-state index in [0.717, 1.165) is 11.0 Å². The number of anilines is 2. The summed E-state index contributed by atoms with van der Waals surface area (Å²) < 4.78 is 14.6. The quantitative estimate of drug-likeness (QED) is 0.647. The molecule has 140 valence electrons. The largest absolute Gasteiger partial charge is 0.318 e. The van der Waals surface area contributed by atoms with E-state index in [2.05, 4.69) is 10.3 Å². The molecule has 9 heteroatoms. The Morgan fingerprint density at radius 2 is 2.00 bits per heavy atom. The second kappa shape index (κ2) is 6.81. The van der Waals surface area contributed by atoms with Gasteiger partial charge in [0, 0.05) is 10.9 Å². The van der Waals surface area contributed by atoms with Gasteiger partial charge in [0.25, 0.3) is 17.7 Å². The van der Waals surface area contributed by atoms with Crippen molar-refractivity contribution in [1.82, 2.24) is 4.98 Å². The first-order valence-corrected chi connectivity index (χ1v) is 9.32. The Balaban J connectivity index is 1.63. The van der Waals surface area contributed by atoms with E-state index < -0.39 is 23.5 Å². The number of nitrogens with one attached hydrogen (secondary N) is 1. The minimum absolute atomic E-state index is 0.0441. The summed E-state index contributed by atoms with van der Waals surface area (Å²) in [6, 6.07) is 8.24. The number of rotatable bonds is 3. The molecule has 28 heavy (non-hydrogen) atoms. The van der Waals surface area contributed by atoms with E-state index in [-0.39, 0.29) is 33.2 Å². The Kier molecular flexibility index (Phi) is 4.44. The highest BCUT2D eigenvalue weighted by Gasteiger charge is 2.38. The molecule has 0 unspecified atom stereocenters. The molecule has 4 rings (SSSR count). The topological polar surface area (TPSA) is 79.4 Å². The lowest BCUT2D eigenvalue weighted by Crippen LogP contribution is -2.29. The molecule has 1 aromatic heterocycles. The van der Waals surface area contributed by atoms with Crippen LogP contribution in [0.15, 0.2) is 41.9 Å². The first-order chi connectivity index (χ1) is 13.4. The zero-order chi connectivity index (χ0) is 20.0. The Morgan fingerprint density at radius 1 is 1.21 bits per heavy atom. The summed E-state index contributed by atoms with van der Waals surface area (Å²) in [5.41, 5.74) is 1.94. The first-order valence-electron chi connectivity index (χ1n) is 8.06. The van der Waals surface area contributed by atoms with Gasteiger partial charge in [-0.15, -0.1) is 11.3 Å². The van der Waals surface area contributed by atoms with Crippen molar-refractivity contribution in [2.45, 2.75) is 6.92 Å². The molecule has 0 saturated heterocycles. The SMILES string of the molecule is Cc1scnc1C(=O)Nc1ccc(N2C(=O)c3cccc(Cl)c3C2=O)cc1F. The normalized spacial score (nSPS) is 13.0. The van der Waals surface area contributed by atoms with Gasteiger partial charge in [-0.05, 0) is 31.2 Å². The Bertz CT molecular complexity index is 1160. The molecule has 0 fully saturated rings. The van der Waals surface area contributed by atoms with Crippen LogP contribution < -0.4 is 10.2 Å². The van der Waals surface area contributed by atoms with Crippen molar-refractivity contribution in [3.05, 3.63) is 74.4 Å². The lowest BCUT2D eigenvalue weighted by Gasteiger charge is -2.15. The number of carbonyl (C=O) groups excluding carboxylic acids is 3. The van der Waals surface area contributed by atoms with E-state index in [1.54, 1.807) is 13.0 Å². The third-order valence-electron chi connectivity index (χ3n) is 4.28. The van der Waals surface area contributed by atoms with Gasteiger partial charge >= 0.3 is 0 Å². The summed E-state index contributed by atoms with van der Waals surface area (Å²) in [6.45, 7) is 1.74. The summed E-state index contributed by atoms with van der Waals surface area (Å²) in [4.78, 5) is 42.9. The van der Waals surface area contributed by atoms with Crippen molar-refractivity contribution in [1.29, 1.82) is 0 Å². The van der Waals surface area contributed by atoms with Crippen LogP contribution in [0, 0.1) is 12.7 Å². The molecule has 6 nitrogen and oxygen atoms in total. The predicted molar refractivity (Wildman–Crippen MR) is 104 cm³/mol. The zero-order valence-corrected chi connectivity index (χ0v) is 15.9. The van der Waals surface area contributed by atoms with Crippen LogP contribution in [-0.4, -0.2) is 22.7 Å². The summed E-state index contributed by atoms with van der Waals surface area (Å²) in [6.07, 6.45) is 0. The van der Waals surface area contributed by atoms with Gasteiger partial charge in [-0.3, -0.25) is 14.4 Å². The average molecular weight is 416 g/mol. The standard InChI is InChI=1S/C19H11ClFN3O3S/c1-9-16(22-8-28-9)17(25)23-14-6-5-10(7-13(14)21)24-18(26)11-3-2-4-12(20)15(11)19(24)27/h2-8H,1H3,(H,23,25). The van der Waals surface area contributed by atoms with Crippen molar-refractivity contribution in [2.75, 3.05) is 10.2 Å². The van der Waals surface area contributed by atoms with Gasteiger partial charge < -0.3 is 5.32 Å². The third-order valence-corrected chi connectivity index (χ3v) is 5.36. The van der Waals surface area contributed by atoms with Crippen LogP contribution in [0.5, 0.6) is 0 Å². The molecular weight excluding hydrogens is 405 g/mol. The maximum absolute atomic E-state index is 14.6. The smallest absolute Gasteiger partial charge is 0.275 e. The fraction of sp³-hybridized carbons (Fsp3) is 0.0526. The third kappa shape index (κ3) is 2.87. The van der Waals surface area contributed by atoms with Gasteiger partial charge in [0.15, 0.2) is 0 Å². The number of fused-ring (bicyclic) bond motifs is 1. The number of thiazole rings is 1. The maximum atomic E-state index is 14.6. The molecule has 0 aliphatic carbocycles. The minimum atomic E-state index is -0.790. The molecule has 1 aliphatic rings. The highest BCUT2D eigenvalue weighted by atomic mass is 35.5. The number of amides is 3. The fourth-order valence-corrected chi connectivity index (χ4v) is 3.76. The van der Waals surface area contributed by atoms with Gasteiger partial charge in [-0.1, -0.05) is 17.7 Å². The zero-order valence-electron chi connectivity index (χ0n) is 14.3. The van der Waals surface area contributed by atoms with E-state index >= 15 is 0 Å². The number of carbonyl (C=O) groups is 3. The molecule has 1 aliphatic heterocycles. The van der Waals surface area contributed by atoms with Crippen LogP contribution in [0.4, 0.5) is 15.8 Å². The van der Waals surface area contributed by atoms with E-state index in [1.807, 2.05) is 0 Å². The fourth-order valence-electron chi connectivity index (χ4n) is 2.93. The number of hydrogen-bond acceptors (Lipinski definition) is 5. The molecule has 3 amide bonds. The molecule has 0 bridgehead atoms.